The number of carbonyl (C=O) groups is 1. The normalized spacial score (nSPS) is 19.3. The molecule has 0 bridgehead atoms. The van der Waals surface area contributed by atoms with Crippen LogP contribution in [0.15, 0.2) is 17.5 Å². The number of likely N-dealkylation sites (N-methyl/N-ethyl adjacent to an activating group) is 1. The second-order valence-corrected chi connectivity index (χ2v) is 7.06. The van der Waals surface area contributed by atoms with Crippen molar-refractivity contribution in [1.29, 1.82) is 0 Å². The predicted octanol–water partition coefficient (Wildman–Crippen LogP) is 1.37. The van der Waals surface area contributed by atoms with Gasteiger partial charge in [0, 0.05) is 44.7 Å². The molecule has 1 saturated heterocycles. The van der Waals surface area contributed by atoms with Crippen molar-refractivity contribution in [2.45, 2.75) is 19.0 Å². The van der Waals surface area contributed by atoms with Gasteiger partial charge in [-0.15, -0.1) is 11.3 Å². The fourth-order valence-corrected chi connectivity index (χ4v) is 3.64. The van der Waals surface area contributed by atoms with E-state index < -0.39 is 0 Å². The predicted molar refractivity (Wildman–Crippen MR) is 94.0 cm³/mol. The molecule has 1 aromatic heterocycles. The summed E-state index contributed by atoms with van der Waals surface area (Å²) in [5.74, 6) is 0. The third-order valence-corrected chi connectivity index (χ3v) is 5.07. The van der Waals surface area contributed by atoms with Crippen LogP contribution < -0.4 is 10.6 Å². The Morgan fingerprint density at radius 2 is 2.13 bits per heavy atom. The second kappa shape index (κ2) is 9.22. The zero-order chi connectivity index (χ0) is 16.7. The van der Waals surface area contributed by atoms with E-state index in [9.17, 15) is 4.79 Å². The lowest BCUT2D eigenvalue weighted by Gasteiger charge is -2.37. The molecule has 130 valence electrons. The van der Waals surface area contributed by atoms with Gasteiger partial charge in [-0.1, -0.05) is 6.07 Å². The van der Waals surface area contributed by atoms with Crippen LogP contribution in [0, 0.1) is 0 Å². The number of methoxy groups -OCH3 is 1. The summed E-state index contributed by atoms with van der Waals surface area (Å²) in [5.41, 5.74) is 0. The van der Waals surface area contributed by atoms with E-state index in [1.807, 2.05) is 6.92 Å². The van der Waals surface area contributed by atoms with Crippen molar-refractivity contribution in [1.82, 2.24) is 20.4 Å². The molecule has 0 aliphatic carbocycles. The summed E-state index contributed by atoms with van der Waals surface area (Å²) < 4.78 is 5.04. The van der Waals surface area contributed by atoms with Crippen LogP contribution in [0.25, 0.3) is 0 Å². The monoisotopic (exact) mass is 340 g/mol. The summed E-state index contributed by atoms with van der Waals surface area (Å²) >= 11 is 1.75. The van der Waals surface area contributed by atoms with E-state index in [1.54, 1.807) is 18.4 Å². The van der Waals surface area contributed by atoms with Gasteiger partial charge in [0.05, 0.1) is 18.7 Å². The molecule has 23 heavy (non-hydrogen) atoms. The Balaban J connectivity index is 1.89. The van der Waals surface area contributed by atoms with E-state index in [4.69, 9.17) is 4.74 Å². The highest BCUT2D eigenvalue weighted by Gasteiger charge is 2.25. The first kappa shape index (κ1) is 18.2. The number of hydrogen-bond donors (Lipinski definition) is 2. The fourth-order valence-electron chi connectivity index (χ4n) is 2.78. The minimum atomic E-state index is -0.134. The molecule has 1 aromatic rings. The Bertz CT molecular complexity index is 461. The third kappa shape index (κ3) is 5.76. The van der Waals surface area contributed by atoms with E-state index >= 15 is 0 Å². The first-order valence-corrected chi connectivity index (χ1v) is 8.97. The van der Waals surface area contributed by atoms with Crippen molar-refractivity contribution < 1.29 is 9.53 Å². The quantitative estimate of drug-likeness (QED) is 0.787. The first-order valence-electron chi connectivity index (χ1n) is 8.09. The lowest BCUT2D eigenvalue weighted by molar-refractivity contribution is 0.112. The standard InChI is InChI=1S/C16H28N4O2S/c1-13(12-22-3)18-16(21)17-11-14(15-5-4-10-23-15)20-8-6-19(2)7-9-20/h4-5,10,13-14H,6-9,11-12H2,1-3H3,(H2,17,18,21)/t13-,14-/m1/s1. The fraction of sp³-hybridized carbons (Fsp3) is 0.688. The number of nitrogens with zero attached hydrogens (tertiary/aromatic N) is 2. The molecule has 2 amide bonds. The maximum atomic E-state index is 12.0. The number of nitrogens with one attached hydrogen (secondary N) is 2. The number of ether oxygens (including phenoxy) is 1. The maximum absolute atomic E-state index is 12.0. The SMILES string of the molecule is COC[C@@H](C)NC(=O)NC[C@H](c1cccs1)N1CCN(C)CC1. The van der Waals surface area contributed by atoms with Crippen LogP contribution in [0.3, 0.4) is 0 Å². The van der Waals surface area contributed by atoms with Crippen LogP contribution in [-0.4, -0.2) is 75.4 Å². The molecular formula is C16H28N4O2S. The van der Waals surface area contributed by atoms with Gasteiger partial charge in [0.25, 0.3) is 0 Å². The summed E-state index contributed by atoms with van der Waals surface area (Å²) in [5, 5.41) is 8.00. The van der Waals surface area contributed by atoms with Gasteiger partial charge in [0.1, 0.15) is 0 Å². The number of carbonyl (C=O) groups excluding carboxylic acids is 1. The Morgan fingerprint density at radius 1 is 1.39 bits per heavy atom. The molecule has 0 unspecified atom stereocenters. The van der Waals surface area contributed by atoms with Crippen LogP contribution in [0.4, 0.5) is 4.79 Å². The summed E-state index contributed by atoms with van der Waals surface area (Å²) in [6.45, 7) is 7.26. The van der Waals surface area contributed by atoms with Gasteiger partial charge in [-0.05, 0) is 25.4 Å². The van der Waals surface area contributed by atoms with Gasteiger partial charge in [0.2, 0.25) is 0 Å². The zero-order valence-corrected chi connectivity index (χ0v) is 15.1. The number of hydrogen-bond acceptors (Lipinski definition) is 5. The number of piperazine rings is 1. The molecule has 1 fully saturated rings. The van der Waals surface area contributed by atoms with Crippen LogP contribution >= 0.6 is 11.3 Å². The smallest absolute Gasteiger partial charge is 0.315 e. The highest BCUT2D eigenvalue weighted by molar-refractivity contribution is 7.10. The molecule has 7 heteroatoms. The van der Waals surface area contributed by atoms with E-state index in [2.05, 4.69) is 45.0 Å². The van der Waals surface area contributed by atoms with Gasteiger partial charge in [-0.2, -0.15) is 0 Å². The number of rotatable bonds is 7. The average Bonchev–Trinajstić information content (AvgIpc) is 3.03. The van der Waals surface area contributed by atoms with Crippen molar-refractivity contribution in [3.8, 4) is 0 Å². The lowest BCUT2D eigenvalue weighted by atomic mass is 10.1. The zero-order valence-electron chi connectivity index (χ0n) is 14.2. The number of urea groups is 1. The van der Waals surface area contributed by atoms with Crippen LogP contribution in [0.1, 0.15) is 17.8 Å². The highest BCUT2D eigenvalue weighted by Crippen LogP contribution is 2.25. The largest absolute Gasteiger partial charge is 0.383 e. The van der Waals surface area contributed by atoms with Crippen molar-refractivity contribution in [2.24, 2.45) is 0 Å². The molecule has 6 nitrogen and oxygen atoms in total. The number of thiophene rings is 1. The van der Waals surface area contributed by atoms with E-state index in [1.165, 1.54) is 4.88 Å². The van der Waals surface area contributed by atoms with Gasteiger partial charge in [-0.3, -0.25) is 4.90 Å². The molecule has 1 aliphatic rings. The molecule has 0 saturated carbocycles. The topological polar surface area (TPSA) is 56.8 Å². The summed E-state index contributed by atoms with van der Waals surface area (Å²) in [6, 6.07) is 4.34. The summed E-state index contributed by atoms with van der Waals surface area (Å²) in [7, 11) is 3.79. The van der Waals surface area contributed by atoms with Crippen molar-refractivity contribution in [3.05, 3.63) is 22.4 Å². The molecule has 0 radical (unpaired) electrons. The minimum Gasteiger partial charge on any atom is -0.383 e. The average molecular weight is 340 g/mol. The summed E-state index contributed by atoms with van der Waals surface area (Å²) in [4.78, 5) is 18.1. The Hall–Kier alpha value is -1.15. The molecule has 2 heterocycles. The molecular weight excluding hydrogens is 312 g/mol. The molecule has 2 N–H and O–H groups in total. The Morgan fingerprint density at radius 3 is 2.74 bits per heavy atom. The molecule has 0 aromatic carbocycles. The third-order valence-electron chi connectivity index (χ3n) is 4.10. The van der Waals surface area contributed by atoms with Gasteiger partial charge in [0.15, 0.2) is 0 Å². The van der Waals surface area contributed by atoms with Gasteiger partial charge in [-0.25, -0.2) is 4.79 Å². The molecule has 2 atom stereocenters. The van der Waals surface area contributed by atoms with Crippen LogP contribution in [-0.2, 0) is 4.74 Å². The van der Waals surface area contributed by atoms with Crippen molar-refractivity contribution in [3.63, 3.8) is 0 Å². The van der Waals surface area contributed by atoms with Crippen molar-refractivity contribution >= 4 is 17.4 Å². The minimum absolute atomic E-state index is 0.00354. The summed E-state index contributed by atoms with van der Waals surface area (Å²) in [6.07, 6.45) is 0. The van der Waals surface area contributed by atoms with Crippen molar-refractivity contribution in [2.75, 3.05) is 53.5 Å². The van der Waals surface area contributed by atoms with E-state index in [0.717, 1.165) is 26.2 Å². The molecule has 0 spiro atoms. The Kier molecular flexibility index (Phi) is 7.29. The van der Waals surface area contributed by atoms with Gasteiger partial charge >= 0.3 is 6.03 Å². The van der Waals surface area contributed by atoms with Crippen LogP contribution in [0.2, 0.25) is 0 Å². The van der Waals surface area contributed by atoms with Crippen LogP contribution in [0.5, 0.6) is 0 Å². The van der Waals surface area contributed by atoms with Gasteiger partial charge < -0.3 is 20.3 Å². The number of amides is 2. The molecule has 1 aliphatic heterocycles. The first-order chi connectivity index (χ1) is 11.1. The Labute approximate surface area is 142 Å². The van der Waals surface area contributed by atoms with E-state index in [0.29, 0.717) is 13.2 Å². The molecule has 2 rings (SSSR count). The van der Waals surface area contributed by atoms with E-state index in [-0.39, 0.29) is 18.1 Å². The lowest BCUT2D eigenvalue weighted by Crippen LogP contribution is -2.50. The maximum Gasteiger partial charge on any atom is 0.315 e. The second-order valence-electron chi connectivity index (χ2n) is 6.08. The highest BCUT2D eigenvalue weighted by atomic mass is 32.1.